The van der Waals surface area contributed by atoms with Crippen LogP contribution in [-0.2, 0) is 4.79 Å². The first-order valence-corrected chi connectivity index (χ1v) is 7.77. The van der Waals surface area contributed by atoms with Gasteiger partial charge < -0.3 is 20.2 Å². The zero-order valence-electron chi connectivity index (χ0n) is 14.1. The molecule has 6 heteroatoms. The van der Waals surface area contributed by atoms with E-state index < -0.39 is 11.5 Å². The van der Waals surface area contributed by atoms with E-state index in [0.717, 1.165) is 26.1 Å². The number of carbonyl (C=O) groups excluding carboxylic acids is 1. The Morgan fingerprint density at radius 1 is 1.05 bits per heavy atom. The second-order valence-corrected chi connectivity index (χ2v) is 5.84. The minimum atomic E-state index is -0.912. The van der Waals surface area contributed by atoms with Gasteiger partial charge in [0.1, 0.15) is 0 Å². The van der Waals surface area contributed by atoms with Crippen LogP contribution in [-0.4, -0.2) is 65.2 Å². The van der Waals surface area contributed by atoms with Gasteiger partial charge in [-0.2, -0.15) is 0 Å². The minimum Gasteiger partial charge on any atom is -0.481 e. The molecule has 0 aliphatic heterocycles. The monoisotopic (exact) mass is 301 g/mol. The van der Waals surface area contributed by atoms with Crippen molar-refractivity contribution < 1.29 is 14.7 Å². The highest BCUT2D eigenvalue weighted by Gasteiger charge is 2.25. The molecule has 0 aromatic heterocycles. The molecular formula is C15H31N3O3. The average Bonchev–Trinajstić information content (AvgIpc) is 2.36. The van der Waals surface area contributed by atoms with Crippen LogP contribution in [0.15, 0.2) is 0 Å². The number of nitrogens with zero attached hydrogens (tertiary/aromatic N) is 2. The van der Waals surface area contributed by atoms with E-state index in [1.165, 1.54) is 0 Å². The maximum absolute atomic E-state index is 12.2. The van der Waals surface area contributed by atoms with Gasteiger partial charge in [-0.15, -0.1) is 0 Å². The van der Waals surface area contributed by atoms with Crippen LogP contribution in [0.3, 0.4) is 0 Å². The van der Waals surface area contributed by atoms with E-state index in [1.54, 1.807) is 18.7 Å². The maximum atomic E-state index is 12.2. The van der Waals surface area contributed by atoms with Gasteiger partial charge in [0.25, 0.3) is 0 Å². The summed E-state index contributed by atoms with van der Waals surface area (Å²) in [6.07, 6.45) is 0.831. The van der Waals surface area contributed by atoms with Crippen molar-refractivity contribution in [3.05, 3.63) is 0 Å². The summed E-state index contributed by atoms with van der Waals surface area (Å²) in [6, 6.07) is -0.191. The zero-order valence-corrected chi connectivity index (χ0v) is 14.1. The molecule has 0 bridgehead atoms. The second kappa shape index (κ2) is 9.60. The van der Waals surface area contributed by atoms with Gasteiger partial charge in [0.15, 0.2) is 0 Å². The number of rotatable bonds is 10. The molecule has 2 N–H and O–H groups in total. The molecule has 0 saturated carbocycles. The van der Waals surface area contributed by atoms with Crippen LogP contribution >= 0.6 is 0 Å². The molecule has 0 fully saturated rings. The van der Waals surface area contributed by atoms with Crippen molar-refractivity contribution in [1.82, 2.24) is 15.1 Å². The van der Waals surface area contributed by atoms with Gasteiger partial charge in [-0.1, -0.05) is 13.8 Å². The molecule has 0 heterocycles. The minimum absolute atomic E-state index is 0.0876. The quantitative estimate of drug-likeness (QED) is 0.647. The standard InChI is InChI=1S/C15H31N3O3/c1-6-17(7-2)10-9-11-18(8-3)14(21)16-15(4,5)12-13(19)20/h6-12H2,1-5H3,(H,16,21)(H,19,20). The summed E-state index contributed by atoms with van der Waals surface area (Å²) in [6.45, 7) is 13.9. The normalized spacial score (nSPS) is 11.5. The Kier molecular flexibility index (Phi) is 9.01. The van der Waals surface area contributed by atoms with Crippen molar-refractivity contribution in [3.63, 3.8) is 0 Å². The van der Waals surface area contributed by atoms with Crippen LogP contribution in [0.25, 0.3) is 0 Å². The first-order chi connectivity index (χ1) is 9.75. The van der Waals surface area contributed by atoms with E-state index >= 15 is 0 Å². The van der Waals surface area contributed by atoms with Crippen molar-refractivity contribution in [3.8, 4) is 0 Å². The molecule has 6 nitrogen and oxygen atoms in total. The van der Waals surface area contributed by atoms with E-state index in [-0.39, 0.29) is 12.5 Å². The first kappa shape index (κ1) is 19.7. The third kappa shape index (κ3) is 8.55. The number of aliphatic carboxylic acids is 1. The Hall–Kier alpha value is -1.30. The van der Waals surface area contributed by atoms with Gasteiger partial charge in [0.2, 0.25) is 0 Å². The van der Waals surface area contributed by atoms with Crippen molar-refractivity contribution in [1.29, 1.82) is 0 Å². The lowest BCUT2D eigenvalue weighted by Crippen LogP contribution is -2.51. The second-order valence-electron chi connectivity index (χ2n) is 5.84. The van der Waals surface area contributed by atoms with Gasteiger partial charge in [0.05, 0.1) is 6.42 Å². The summed E-state index contributed by atoms with van der Waals surface area (Å²) in [7, 11) is 0. The number of carbonyl (C=O) groups is 2. The van der Waals surface area contributed by atoms with Crippen molar-refractivity contribution in [2.24, 2.45) is 0 Å². The molecule has 0 unspecified atom stereocenters. The van der Waals surface area contributed by atoms with Gasteiger partial charge >= 0.3 is 12.0 Å². The van der Waals surface area contributed by atoms with Crippen LogP contribution in [0.1, 0.15) is 47.5 Å². The topological polar surface area (TPSA) is 72.9 Å². The van der Waals surface area contributed by atoms with Crippen LogP contribution in [0, 0.1) is 0 Å². The van der Waals surface area contributed by atoms with E-state index in [0.29, 0.717) is 13.1 Å². The summed E-state index contributed by atoms with van der Waals surface area (Å²) >= 11 is 0. The van der Waals surface area contributed by atoms with Gasteiger partial charge in [-0.25, -0.2) is 4.79 Å². The molecule has 0 aliphatic carbocycles. The fraction of sp³-hybridized carbons (Fsp3) is 0.867. The largest absolute Gasteiger partial charge is 0.481 e. The van der Waals surface area contributed by atoms with Gasteiger partial charge in [-0.3, -0.25) is 4.79 Å². The van der Waals surface area contributed by atoms with Crippen molar-refractivity contribution in [2.45, 2.75) is 53.0 Å². The predicted molar refractivity (Wildman–Crippen MR) is 84.5 cm³/mol. The van der Waals surface area contributed by atoms with E-state index in [1.807, 2.05) is 6.92 Å². The highest BCUT2D eigenvalue weighted by Crippen LogP contribution is 2.09. The number of urea groups is 1. The van der Waals surface area contributed by atoms with E-state index in [4.69, 9.17) is 5.11 Å². The molecule has 0 radical (unpaired) electrons. The lowest BCUT2D eigenvalue weighted by atomic mass is 10.0. The first-order valence-electron chi connectivity index (χ1n) is 7.77. The van der Waals surface area contributed by atoms with Crippen molar-refractivity contribution in [2.75, 3.05) is 32.7 Å². The number of amides is 2. The summed E-state index contributed by atoms with van der Waals surface area (Å²) in [4.78, 5) is 27.0. The Morgan fingerprint density at radius 3 is 2.05 bits per heavy atom. The van der Waals surface area contributed by atoms with Gasteiger partial charge in [-0.05, 0) is 46.8 Å². The molecule has 0 aromatic carbocycles. The summed E-state index contributed by atoms with van der Waals surface area (Å²) in [5.41, 5.74) is -0.741. The smallest absolute Gasteiger partial charge is 0.317 e. The molecule has 0 atom stereocenters. The Labute approximate surface area is 128 Å². The number of hydrogen-bond donors (Lipinski definition) is 2. The third-order valence-corrected chi connectivity index (χ3v) is 3.50. The Bertz CT molecular complexity index is 328. The van der Waals surface area contributed by atoms with Crippen LogP contribution in [0.5, 0.6) is 0 Å². The Balaban J connectivity index is 4.33. The van der Waals surface area contributed by atoms with Crippen LogP contribution in [0.4, 0.5) is 4.79 Å². The van der Waals surface area contributed by atoms with E-state index in [9.17, 15) is 9.59 Å². The van der Waals surface area contributed by atoms with Gasteiger partial charge in [0, 0.05) is 18.6 Å². The molecule has 124 valence electrons. The third-order valence-electron chi connectivity index (χ3n) is 3.50. The molecule has 0 rings (SSSR count). The summed E-state index contributed by atoms with van der Waals surface area (Å²) in [5, 5.41) is 11.6. The van der Waals surface area contributed by atoms with Crippen LogP contribution < -0.4 is 5.32 Å². The van der Waals surface area contributed by atoms with Crippen molar-refractivity contribution >= 4 is 12.0 Å². The maximum Gasteiger partial charge on any atom is 0.317 e. The number of carboxylic acids is 1. The van der Waals surface area contributed by atoms with E-state index in [2.05, 4.69) is 24.1 Å². The highest BCUT2D eigenvalue weighted by atomic mass is 16.4. The lowest BCUT2D eigenvalue weighted by molar-refractivity contribution is -0.138. The lowest BCUT2D eigenvalue weighted by Gasteiger charge is -2.30. The summed E-state index contributed by atoms with van der Waals surface area (Å²) < 4.78 is 0. The Morgan fingerprint density at radius 2 is 1.62 bits per heavy atom. The SMILES string of the molecule is CCN(CC)CCCN(CC)C(=O)NC(C)(C)CC(=O)O. The average molecular weight is 301 g/mol. The molecular weight excluding hydrogens is 270 g/mol. The zero-order chi connectivity index (χ0) is 16.5. The van der Waals surface area contributed by atoms with Crippen LogP contribution in [0.2, 0.25) is 0 Å². The molecule has 0 aromatic rings. The number of carboxylic acid groups (broad SMARTS) is 1. The fourth-order valence-electron chi connectivity index (χ4n) is 2.22. The number of nitrogens with one attached hydrogen (secondary N) is 1. The predicted octanol–water partition coefficient (Wildman–Crippen LogP) is 2.00. The molecule has 0 spiro atoms. The number of hydrogen-bond acceptors (Lipinski definition) is 3. The molecule has 21 heavy (non-hydrogen) atoms. The molecule has 0 saturated heterocycles. The molecule has 0 aliphatic rings. The highest BCUT2D eigenvalue weighted by molar-refractivity contribution is 5.76. The fourth-order valence-corrected chi connectivity index (χ4v) is 2.22. The summed E-state index contributed by atoms with van der Waals surface area (Å²) in [5.74, 6) is -0.912. The molecule has 2 amide bonds.